The van der Waals surface area contributed by atoms with Crippen molar-refractivity contribution < 1.29 is 4.79 Å². The molecule has 0 unspecified atom stereocenters. The van der Waals surface area contributed by atoms with Gasteiger partial charge in [-0.25, -0.2) is 0 Å². The van der Waals surface area contributed by atoms with E-state index in [1.807, 2.05) is 12.1 Å². The third kappa shape index (κ3) is 4.35. The minimum Gasteiger partial charge on any atom is -0.326 e. The van der Waals surface area contributed by atoms with Gasteiger partial charge in [-0.3, -0.25) is 9.69 Å². The Balaban J connectivity index is 1.93. The molecule has 1 fully saturated rings. The molecule has 0 radical (unpaired) electrons. The summed E-state index contributed by atoms with van der Waals surface area (Å²) in [5.74, 6) is 1.57. The van der Waals surface area contributed by atoms with Crippen molar-refractivity contribution in [1.82, 2.24) is 4.90 Å². The van der Waals surface area contributed by atoms with Gasteiger partial charge in [-0.2, -0.15) is 0 Å². The van der Waals surface area contributed by atoms with Crippen LogP contribution in [-0.4, -0.2) is 23.9 Å². The molecule has 19 heavy (non-hydrogen) atoms. The molecule has 0 bridgehead atoms. The number of amides is 1. The molecule has 1 aromatic rings. The number of likely N-dealkylation sites (tertiary alicyclic amines) is 1. The van der Waals surface area contributed by atoms with E-state index in [1.165, 1.54) is 32.0 Å². The van der Waals surface area contributed by atoms with E-state index in [4.69, 9.17) is 0 Å². The summed E-state index contributed by atoms with van der Waals surface area (Å²) in [5.41, 5.74) is 2.19. The minimum absolute atomic E-state index is 0.0218. The lowest BCUT2D eigenvalue weighted by Gasteiger charge is -2.35. The van der Waals surface area contributed by atoms with E-state index in [0.717, 1.165) is 24.1 Å². The molecule has 3 nitrogen and oxygen atoms in total. The van der Waals surface area contributed by atoms with Crippen LogP contribution in [0.5, 0.6) is 0 Å². The molecule has 0 saturated carbocycles. The average molecular weight is 260 g/mol. The number of anilines is 1. The zero-order chi connectivity index (χ0) is 13.8. The lowest BCUT2D eigenvalue weighted by Crippen LogP contribution is -2.38. The van der Waals surface area contributed by atoms with Crippen molar-refractivity contribution in [3.05, 3.63) is 29.8 Å². The van der Waals surface area contributed by atoms with Crippen LogP contribution in [0, 0.1) is 11.8 Å². The van der Waals surface area contributed by atoms with Gasteiger partial charge in [-0.1, -0.05) is 26.0 Å². The van der Waals surface area contributed by atoms with Crippen LogP contribution in [-0.2, 0) is 11.3 Å². The maximum absolute atomic E-state index is 11.0. The average Bonchev–Trinajstić information content (AvgIpc) is 2.29. The first-order chi connectivity index (χ1) is 9.02. The van der Waals surface area contributed by atoms with Crippen LogP contribution >= 0.6 is 0 Å². The van der Waals surface area contributed by atoms with Crippen LogP contribution in [0.4, 0.5) is 5.69 Å². The van der Waals surface area contributed by atoms with Crippen LogP contribution in [0.25, 0.3) is 0 Å². The zero-order valence-corrected chi connectivity index (χ0v) is 12.1. The third-order valence-corrected chi connectivity index (χ3v) is 3.62. The van der Waals surface area contributed by atoms with Gasteiger partial charge in [0.15, 0.2) is 0 Å². The number of carbonyl (C=O) groups excluding carboxylic acids is 1. The Morgan fingerprint density at radius 1 is 1.21 bits per heavy atom. The number of piperidine rings is 1. The quantitative estimate of drug-likeness (QED) is 0.905. The predicted octanol–water partition coefficient (Wildman–Crippen LogP) is 3.12. The first-order valence-electron chi connectivity index (χ1n) is 7.12. The van der Waals surface area contributed by atoms with E-state index in [2.05, 4.69) is 36.2 Å². The summed E-state index contributed by atoms with van der Waals surface area (Å²) in [6.45, 7) is 9.60. The maximum Gasteiger partial charge on any atom is 0.221 e. The lowest BCUT2D eigenvalue weighted by atomic mass is 9.91. The zero-order valence-electron chi connectivity index (χ0n) is 12.1. The normalized spacial score (nSPS) is 24.2. The number of nitrogens with zero attached hydrogens (tertiary/aromatic N) is 1. The van der Waals surface area contributed by atoms with Crippen LogP contribution < -0.4 is 5.32 Å². The highest BCUT2D eigenvalue weighted by Gasteiger charge is 2.21. The lowest BCUT2D eigenvalue weighted by molar-refractivity contribution is -0.114. The van der Waals surface area contributed by atoms with Gasteiger partial charge in [0.1, 0.15) is 0 Å². The van der Waals surface area contributed by atoms with Crippen molar-refractivity contribution in [2.45, 2.75) is 33.7 Å². The molecule has 1 aliphatic rings. The van der Waals surface area contributed by atoms with Crippen LogP contribution in [0.3, 0.4) is 0 Å². The molecule has 1 heterocycles. The van der Waals surface area contributed by atoms with Crippen LogP contribution in [0.1, 0.15) is 32.8 Å². The van der Waals surface area contributed by atoms with Crippen molar-refractivity contribution >= 4 is 11.6 Å². The highest BCUT2D eigenvalue weighted by Crippen LogP contribution is 2.22. The van der Waals surface area contributed by atoms with Crippen molar-refractivity contribution in [2.75, 3.05) is 18.4 Å². The molecule has 0 aromatic heterocycles. The monoisotopic (exact) mass is 260 g/mol. The van der Waals surface area contributed by atoms with Crippen molar-refractivity contribution in [2.24, 2.45) is 11.8 Å². The molecule has 2 rings (SSSR count). The molecule has 0 spiro atoms. The van der Waals surface area contributed by atoms with E-state index < -0.39 is 0 Å². The molecule has 1 aliphatic heterocycles. The van der Waals surface area contributed by atoms with Gasteiger partial charge in [0.05, 0.1) is 0 Å². The summed E-state index contributed by atoms with van der Waals surface area (Å²) in [6, 6.07) is 8.17. The first-order valence-corrected chi connectivity index (χ1v) is 7.12. The first kappa shape index (κ1) is 14.1. The van der Waals surface area contributed by atoms with E-state index >= 15 is 0 Å². The summed E-state index contributed by atoms with van der Waals surface area (Å²) in [7, 11) is 0. The van der Waals surface area contributed by atoms with E-state index in [1.54, 1.807) is 0 Å². The third-order valence-electron chi connectivity index (χ3n) is 3.62. The Morgan fingerprint density at radius 3 is 2.32 bits per heavy atom. The molecule has 1 saturated heterocycles. The molecule has 1 N–H and O–H groups in total. The number of nitrogens with one attached hydrogen (secondary N) is 1. The van der Waals surface area contributed by atoms with Gasteiger partial charge in [0.2, 0.25) is 5.91 Å². The highest BCUT2D eigenvalue weighted by atomic mass is 16.1. The number of benzene rings is 1. The highest BCUT2D eigenvalue weighted by molar-refractivity contribution is 5.88. The second-order valence-corrected chi connectivity index (χ2v) is 6.02. The number of carbonyl (C=O) groups is 1. The topological polar surface area (TPSA) is 32.3 Å². The van der Waals surface area contributed by atoms with E-state index in [9.17, 15) is 4.79 Å². The molecule has 1 amide bonds. The predicted molar refractivity (Wildman–Crippen MR) is 79.0 cm³/mol. The second-order valence-electron chi connectivity index (χ2n) is 6.02. The van der Waals surface area contributed by atoms with Gasteiger partial charge in [0, 0.05) is 32.2 Å². The molecular weight excluding hydrogens is 236 g/mol. The van der Waals surface area contributed by atoms with Crippen LogP contribution in [0.2, 0.25) is 0 Å². The number of rotatable bonds is 3. The fourth-order valence-corrected chi connectivity index (χ4v) is 3.08. The van der Waals surface area contributed by atoms with Crippen molar-refractivity contribution in [3.63, 3.8) is 0 Å². The molecule has 1 aromatic carbocycles. The number of hydrogen-bond acceptors (Lipinski definition) is 2. The molecule has 2 atom stereocenters. The van der Waals surface area contributed by atoms with E-state index in [0.29, 0.717) is 0 Å². The summed E-state index contributed by atoms with van der Waals surface area (Å²) < 4.78 is 0. The summed E-state index contributed by atoms with van der Waals surface area (Å²) in [5, 5.41) is 2.80. The summed E-state index contributed by atoms with van der Waals surface area (Å²) in [6.07, 6.45) is 1.35. The van der Waals surface area contributed by atoms with Gasteiger partial charge in [0.25, 0.3) is 0 Å². The van der Waals surface area contributed by atoms with Gasteiger partial charge in [-0.05, 0) is 36.0 Å². The minimum atomic E-state index is -0.0218. The van der Waals surface area contributed by atoms with Gasteiger partial charge < -0.3 is 5.32 Å². The van der Waals surface area contributed by atoms with Crippen molar-refractivity contribution in [3.8, 4) is 0 Å². The fourth-order valence-electron chi connectivity index (χ4n) is 3.08. The molecular formula is C16H24N2O. The van der Waals surface area contributed by atoms with Gasteiger partial charge in [-0.15, -0.1) is 0 Å². The Hall–Kier alpha value is -1.35. The largest absolute Gasteiger partial charge is 0.326 e. The molecule has 104 valence electrons. The fraction of sp³-hybridized carbons (Fsp3) is 0.562. The standard InChI is InChI=1S/C16H24N2O/c1-12-8-13(2)10-18(9-12)11-15-4-6-16(7-5-15)17-14(3)19/h4-7,12-13H,8-11H2,1-3H3,(H,17,19)/t12-,13+. The summed E-state index contributed by atoms with van der Waals surface area (Å²) in [4.78, 5) is 13.5. The Bertz CT molecular complexity index is 417. The second kappa shape index (κ2) is 6.20. The molecule has 0 aliphatic carbocycles. The summed E-state index contributed by atoms with van der Waals surface area (Å²) >= 11 is 0. The number of hydrogen-bond donors (Lipinski definition) is 1. The van der Waals surface area contributed by atoms with Crippen molar-refractivity contribution in [1.29, 1.82) is 0 Å². The maximum atomic E-state index is 11.0. The Labute approximate surface area is 116 Å². The Kier molecular flexibility index (Phi) is 4.59. The smallest absolute Gasteiger partial charge is 0.221 e. The SMILES string of the molecule is CC(=O)Nc1ccc(CN2C[C@H](C)C[C@H](C)C2)cc1. The Morgan fingerprint density at radius 2 is 1.79 bits per heavy atom. The van der Waals surface area contributed by atoms with E-state index in [-0.39, 0.29) is 5.91 Å². The van der Waals surface area contributed by atoms with Gasteiger partial charge >= 0.3 is 0 Å². The van der Waals surface area contributed by atoms with Crippen LogP contribution in [0.15, 0.2) is 24.3 Å². The molecule has 3 heteroatoms.